The number of rotatable bonds is 15. The number of nitrogens with zero attached hydrogens (tertiary/aromatic N) is 1. The van der Waals surface area contributed by atoms with Gasteiger partial charge >= 0.3 is 0 Å². The van der Waals surface area contributed by atoms with Gasteiger partial charge in [-0.25, -0.2) is 0 Å². The number of nitrogens with one attached hydrogen (secondary N) is 1. The fraction of sp³-hybridized carbons (Fsp3) is 0.727. The smallest absolute Gasteiger partial charge is 0.253 e. The second kappa shape index (κ2) is 11.5. The first-order valence-corrected chi connectivity index (χ1v) is 10.4. The van der Waals surface area contributed by atoms with Crippen molar-refractivity contribution in [3.63, 3.8) is 0 Å². The number of hydrogen-bond donors (Lipinski definition) is 1. The van der Waals surface area contributed by atoms with Crippen LogP contribution in [0.2, 0.25) is 0 Å². The van der Waals surface area contributed by atoms with Gasteiger partial charge in [0.25, 0.3) is 11.8 Å². The minimum atomic E-state index is -0.798. The van der Waals surface area contributed by atoms with Crippen LogP contribution in [0.5, 0.6) is 0 Å². The van der Waals surface area contributed by atoms with Crippen molar-refractivity contribution in [3.05, 3.63) is 12.2 Å². The van der Waals surface area contributed by atoms with Crippen LogP contribution in [0.4, 0.5) is 0 Å². The van der Waals surface area contributed by atoms with Crippen LogP contribution in [0, 0.1) is 11.3 Å². The summed E-state index contributed by atoms with van der Waals surface area (Å²) in [6, 6.07) is 0. The van der Waals surface area contributed by atoms with E-state index in [0.29, 0.717) is 26.4 Å². The summed E-state index contributed by atoms with van der Waals surface area (Å²) in [7, 11) is 0. The van der Waals surface area contributed by atoms with Crippen LogP contribution in [0.25, 0.3) is 0 Å². The molecular weight excluding hydrogens is 388 g/mol. The highest BCUT2D eigenvalue weighted by Gasteiger charge is 2.31. The average Bonchev–Trinajstić information content (AvgIpc) is 2.99. The van der Waals surface area contributed by atoms with E-state index >= 15 is 0 Å². The summed E-state index contributed by atoms with van der Waals surface area (Å²) in [6.07, 6.45) is 2.51. The lowest BCUT2D eigenvalue weighted by Gasteiger charge is -2.27. The van der Waals surface area contributed by atoms with Crippen molar-refractivity contribution < 1.29 is 28.7 Å². The molecule has 8 heteroatoms. The highest BCUT2D eigenvalue weighted by atomic mass is 16.5. The Kier molecular flexibility index (Phi) is 10.0. The topological polar surface area (TPSA) is 102 Å². The number of carbonyl (C=O) groups excluding carboxylic acids is 4. The molecule has 0 aromatic carbocycles. The third-order valence-electron chi connectivity index (χ3n) is 5.74. The fourth-order valence-electron chi connectivity index (χ4n) is 2.60. The van der Waals surface area contributed by atoms with Gasteiger partial charge in [0.1, 0.15) is 6.61 Å². The molecule has 1 aliphatic heterocycles. The zero-order valence-corrected chi connectivity index (χ0v) is 19.1. The summed E-state index contributed by atoms with van der Waals surface area (Å²) in [6.45, 7) is 13.1. The number of amides is 2. The van der Waals surface area contributed by atoms with Crippen LogP contribution in [0.3, 0.4) is 0 Å². The Balaban J connectivity index is 2.16. The molecule has 0 unspecified atom stereocenters. The molecule has 0 radical (unpaired) electrons. The van der Waals surface area contributed by atoms with Crippen LogP contribution >= 0.6 is 0 Å². The summed E-state index contributed by atoms with van der Waals surface area (Å²) >= 11 is 0. The van der Waals surface area contributed by atoms with E-state index in [1.165, 1.54) is 12.2 Å². The molecule has 30 heavy (non-hydrogen) atoms. The van der Waals surface area contributed by atoms with Gasteiger partial charge in [-0.05, 0) is 19.8 Å². The van der Waals surface area contributed by atoms with Crippen LogP contribution in [-0.2, 0) is 28.7 Å². The Bertz CT molecular complexity index is 649. The summed E-state index contributed by atoms with van der Waals surface area (Å²) in [5.74, 6) is -0.542. The lowest BCUT2D eigenvalue weighted by atomic mass is 9.78. The molecule has 1 N–H and O–H groups in total. The number of imide groups is 1. The molecule has 1 aliphatic rings. The van der Waals surface area contributed by atoms with E-state index in [9.17, 15) is 19.2 Å². The zero-order chi connectivity index (χ0) is 22.9. The predicted molar refractivity (Wildman–Crippen MR) is 113 cm³/mol. The van der Waals surface area contributed by atoms with E-state index in [1.54, 1.807) is 13.8 Å². The molecule has 0 aromatic heterocycles. The average molecular weight is 425 g/mol. The molecular formula is C22H36N2O6. The van der Waals surface area contributed by atoms with Gasteiger partial charge in [-0.1, -0.05) is 27.7 Å². The maximum Gasteiger partial charge on any atom is 0.253 e. The van der Waals surface area contributed by atoms with Gasteiger partial charge in [0, 0.05) is 37.1 Å². The lowest BCUT2D eigenvalue weighted by Crippen LogP contribution is -2.49. The Morgan fingerprint density at radius 2 is 1.53 bits per heavy atom. The van der Waals surface area contributed by atoms with E-state index in [-0.39, 0.29) is 48.9 Å². The van der Waals surface area contributed by atoms with Gasteiger partial charge in [-0.15, -0.1) is 0 Å². The van der Waals surface area contributed by atoms with E-state index in [1.807, 2.05) is 27.7 Å². The number of carbonyl (C=O) groups is 4. The number of Topliss-reactive ketones (excluding diaryl/α,β-unsaturated/α-hetero) is 2. The first-order valence-electron chi connectivity index (χ1n) is 10.4. The molecule has 8 nitrogen and oxygen atoms in total. The number of hydrogen-bond acceptors (Lipinski definition) is 7. The molecule has 0 saturated heterocycles. The SMILES string of the molecule is CC(C)C(C)(C)C(=O)COCCOCCNC(C)(C)C(=O)CCN1C(=O)C=CC1=O. The molecule has 1 heterocycles. The van der Waals surface area contributed by atoms with Crippen molar-refractivity contribution in [3.8, 4) is 0 Å². The van der Waals surface area contributed by atoms with Crippen molar-refractivity contribution in [1.82, 2.24) is 10.2 Å². The second-order valence-electron chi connectivity index (χ2n) is 8.85. The van der Waals surface area contributed by atoms with Gasteiger partial charge < -0.3 is 14.8 Å². The summed E-state index contributed by atoms with van der Waals surface area (Å²) < 4.78 is 10.9. The molecule has 0 aliphatic carbocycles. The Morgan fingerprint density at radius 3 is 2.10 bits per heavy atom. The maximum atomic E-state index is 12.4. The van der Waals surface area contributed by atoms with E-state index in [0.717, 1.165) is 4.90 Å². The van der Waals surface area contributed by atoms with E-state index < -0.39 is 11.0 Å². The molecule has 1 rings (SSSR count). The normalized spacial score (nSPS) is 14.8. The van der Waals surface area contributed by atoms with E-state index in [4.69, 9.17) is 9.47 Å². The van der Waals surface area contributed by atoms with Crippen LogP contribution < -0.4 is 5.32 Å². The van der Waals surface area contributed by atoms with Crippen molar-refractivity contribution in [1.29, 1.82) is 0 Å². The minimum Gasteiger partial charge on any atom is -0.378 e. The van der Waals surface area contributed by atoms with Gasteiger partial charge in [0.15, 0.2) is 11.6 Å². The summed E-state index contributed by atoms with van der Waals surface area (Å²) in [4.78, 5) is 48.7. The lowest BCUT2D eigenvalue weighted by molar-refractivity contribution is -0.137. The maximum absolute atomic E-state index is 12.4. The zero-order valence-electron chi connectivity index (χ0n) is 19.1. The molecule has 170 valence electrons. The van der Waals surface area contributed by atoms with Gasteiger partial charge in [0.05, 0.1) is 25.4 Å². The summed E-state index contributed by atoms with van der Waals surface area (Å²) in [5, 5.41) is 3.12. The third kappa shape index (κ3) is 7.74. The quantitative estimate of drug-likeness (QED) is 0.314. The number of ketones is 2. The third-order valence-corrected chi connectivity index (χ3v) is 5.74. The van der Waals surface area contributed by atoms with Crippen molar-refractivity contribution in [2.24, 2.45) is 11.3 Å². The Morgan fingerprint density at radius 1 is 0.967 bits per heavy atom. The van der Waals surface area contributed by atoms with Gasteiger partial charge in [-0.2, -0.15) is 0 Å². The Labute approximate surface area is 179 Å². The molecule has 0 spiro atoms. The molecule has 0 fully saturated rings. The largest absolute Gasteiger partial charge is 0.378 e. The van der Waals surface area contributed by atoms with Crippen LogP contribution in [0.1, 0.15) is 48.0 Å². The Hall–Kier alpha value is -1.90. The van der Waals surface area contributed by atoms with Crippen LogP contribution in [0.15, 0.2) is 12.2 Å². The molecule has 2 amide bonds. The van der Waals surface area contributed by atoms with Crippen molar-refractivity contribution >= 4 is 23.4 Å². The monoisotopic (exact) mass is 424 g/mol. The van der Waals surface area contributed by atoms with E-state index in [2.05, 4.69) is 5.32 Å². The standard InChI is InChI=1S/C22H36N2O6/c1-16(2)21(3,4)18(26)15-30-14-13-29-12-10-23-22(5,6)17(25)9-11-24-19(27)7-8-20(24)28/h7-8,16,23H,9-15H2,1-6H3. The molecule has 0 aromatic rings. The minimum absolute atomic E-state index is 0.0753. The highest BCUT2D eigenvalue weighted by Crippen LogP contribution is 2.27. The molecule has 0 saturated carbocycles. The predicted octanol–water partition coefficient (Wildman–Crippen LogP) is 1.52. The van der Waals surface area contributed by atoms with Crippen molar-refractivity contribution in [2.75, 3.05) is 39.5 Å². The number of ether oxygens (including phenoxy) is 2. The second-order valence-corrected chi connectivity index (χ2v) is 8.85. The molecule has 0 bridgehead atoms. The first kappa shape index (κ1) is 26.1. The highest BCUT2D eigenvalue weighted by molar-refractivity contribution is 6.13. The van der Waals surface area contributed by atoms with Crippen molar-refractivity contribution in [2.45, 2.75) is 53.5 Å². The van der Waals surface area contributed by atoms with Crippen LogP contribution in [-0.4, -0.2) is 73.3 Å². The first-order chi connectivity index (χ1) is 13.9. The molecule has 0 atom stereocenters. The fourth-order valence-corrected chi connectivity index (χ4v) is 2.60. The summed E-state index contributed by atoms with van der Waals surface area (Å²) in [5.41, 5.74) is -1.21. The van der Waals surface area contributed by atoms with Gasteiger partial charge in [-0.3, -0.25) is 24.1 Å². The van der Waals surface area contributed by atoms with Gasteiger partial charge in [0.2, 0.25) is 0 Å².